The Balaban J connectivity index is 1.94. The second-order valence-corrected chi connectivity index (χ2v) is 6.08. The number of aryl methyl sites for hydroxylation is 2. The first-order valence-corrected chi connectivity index (χ1v) is 7.83. The van der Waals surface area contributed by atoms with Gasteiger partial charge in [0.25, 0.3) is 5.56 Å². The zero-order chi connectivity index (χ0) is 16.0. The van der Waals surface area contributed by atoms with Gasteiger partial charge < -0.3 is 0 Å². The van der Waals surface area contributed by atoms with Crippen LogP contribution in [0.25, 0.3) is 22.7 Å². The van der Waals surface area contributed by atoms with Crippen LogP contribution in [0.3, 0.4) is 0 Å². The monoisotopic (exact) mass is 306 g/mol. The van der Waals surface area contributed by atoms with Gasteiger partial charge in [-0.1, -0.05) is 29.8 Å². The van der Waals surface area contributed by atoms with Crippen LogP contribution in [-0.2, 0) is 13.6 Å². The molecule has 1 aliphatic rings. The van der Waals surface area contributed by atoms with Crippen LogP contribution in [0.2, 0.25) is 0 Å². The molecule has 0 spiro atoms. The van der Waals surface area contributed by atoms with Gasteiger partial charge in [-0.25, -0.2) is 4.98 Å². The molecular formula is C18H18N4O. The molecule has 0 N–H and O–H groups in total. The summed E-state index contributed by atoms with van der Waals surface area (Å²) in [6, 6.07) is 8.36. The molecule has 0 saturated carbocycles. The van der Waals surface area contributed by atoms with Crippen molar-refractivity contribution in [3.8, 4) is 0 Å². The van der Waals surface area contributed by atoms with Gasteiger partial charge in [-0.2, -0.15) is 5.10 Å². The molecule has 3 heterocycles. The minimum Gasteiger partial charge on any atom is -0.292 e. The van der Waals surface area contributed by atoms with E-state index in [-0.39, 0.29) is 5.56 Å². The molecule has 0 fully saturated rings. The summed E-state index contributed by atoms with van der Waals surface area (Å²) < 4.78 is 3.45. The number of benzene rings is 1. The molecule has 2 aromatic heterocycles. The van der Waals surface area contributed by atoms with Crippen LogP contribution in [-0.4, -0.2) is 19.3 Å². The van der Waals surface area contributed by atoms with Crippen molar-refractivity contribution in [2.75, 3.05) is 0 Å². The molecule has 0 radical (unpaired) electrons. The maximum absolute atomic E-state index is 12.7. The van der Waals surface area contributed by atoms with Crippen molar-refractivity contribution >= 4 is 22.7 Å². The lowest BCUT2D eigenvalue weighted by Crippen LogP contribution is -2.27. The summed E-state index contributed by atoms with van der Waals surface area (Å²) >= 11 is 0. The van der Waals surface area contributed by atoms with E-state index in [1.807, 2.05) is 7.05 Å². The average Bonchev–Trinajstić information content (AvgIpc) is 2.90. The number of fused-ring (bicyclic) bond motifs is 2. The van der Waals surface area contributed by atoms with E-state index in [1.165, 1.54) is 5.56 Å². The summed E-state index contributed by atoms with van der Waals surface area (Å²) in [5.41, 5.74) is 4.14. The van der Waals surface area contributed by atoms with E-state index in [2.05, 4.69) is 42.4 Å². The van der Waals surface area contributed by atoms with Gasteiger partial charge in [-0.15, -0.1) is 0 Å². The minimum atomic E-state index is 0.00735. The quantitative estimate of drug-likeness (QED) is 0.694. The topological polar surface area (TPSA) is 52.7 Å². The molecule has 4 rings (SSSR count). The highest BCUT2D eigenvalue weighted by Crippen LogP contribution is 2.27. The second kappa shape index (κ2) is 5.19. The number of hydrogen-bond donors (Lipinski definition) is 0. The Hall–Kier alpha value is -2.69. The van der Waals surface area contributed by atoms with Crippen molar-refractivity contribution in [3.05, 3.63) is 57.8 Å². The first-order chi connectivity index (χ1) is 11.1. The predicted octanol–water partition coefficient (Wildman–Crippen LogP) is 2.77. The Bertz CT molecular complexity index is 994. The number of hydrogen-bond acceptors (Lipinski definition) is 3. The van der Waals surface area contributed by atoms with Crippen LogP contribution in [0.1, 0.15) is 29.8 Å². The Morgan fingerprint density at radius 3 is 3.00 bits per heavy atom. The van der Waals surface area contributed by atoms with Crippen molar-refractivity contribution in [3.63, 3.8) is 0 Å². The highest BCUT2D eigenvalue weighted by molar-refractivity contribution is 5.82. The third-order valence-electron chi connectivity index (χ3n) is 4.35. The zero-order valence-corrected chi connectivity index (χ0v) is 13.3. The molecule has 0 amide bonds. The lowest BCUT2D eigenvalue weighted by Gasteiger charge is -2.20. The molecule has 5 nitrogen and oxygen atoms in total. The Morgan fingerprint density at radius 1 is 1.30 bits per heavy atom. The number of allylic oxidation sites excluding steroid dienone is 1. The molecule has 1 aromatic carbocycles. The predicted molar refractivity (Wildman–Crippen MR) is 91.1 cm³/mol. The van der Waals surface area contributed by atoms with Crippen LogP contribution in [0, 0.1) is 6.92 Å². The fourth-order valence-corrected chi connectivity index (χ4v) is 3.21. The Labute approximate surface area is 133 Å². The van der Waals surface area contributed by atoms with Gasteiger partial charge in [0.2, 0.25) is 0 Å². The molecule has 1 aliphatic heterocycles. The number of rotatable bonds is 1. The smallest absolute Gasteiger partial charge is 0.264 e. The van der Waals surface area contributed by atoms with E-state index in [1.54, 1.807) is 15.4 Å². The van der Waals surface area contributed by atoms with Gasteiger partial charge in [0.05, 0.1) is 6.20 Å². The molecule has 0 bridgehead atoms. The molecule has 116 valence electrons. The lowest BCUT2D eigenvalue weighted by molar-refractivity contribution is 0.586. The molecule has 23 heavy (non-hydrogen) atoms. The fraction of sp³-hybridized carbons (Fsp3) is 0.278. The van der Waals surface area contributed by atoms with Crippen LogP contribution >= 0.6 is 0 Å². The van der Waals surface area contributed by atoms with E-state index < -0.39 is 0 Å². The molecule has 0 aliphatic carbocycles. The van der Waals surface area contributed by atoms with Gasteiger partial charge in [0, 0.05) is 13.6 Å². The van der Waals surface area contributed by atoms with Crippen LogP contribution < -0.4 is 5.56 Å². The van der Waals surface area contributed by atoms with Crippen molar-refractivity contribution in [1.82, 2.24) is 19.3 Å². The van der Waals surface area contributed by atoms with E-state index in [4.69, 9.17) is 4.98 Å². The first kappa shape index (κ1) is 13.9. The summed E-state index contributed by atoms with van der Waals surface area (Å²) in [5.74, 6) is 0.777. The summed E-state index contributed by atoms with van der Waals surface area (Å²) in [5, 5.41) is 4.76. The molecule has 0 saturated heterocycles. The van der Waals surface area contributed by atoms with Crippen molar-refractivity contribution < 1.29 is 0 Å². The molecule has 5 heteroatoms. The minimum absolute atomic E-state index is 0.00735. The van der Waals surface area contributed by atoms with E-state index in [0.717, 1.165) is 36.3 Å². The largest absolute Gasteiger partial charge is 0.292 e. The number of aromatic nitrogens is 4. The average molecular weight is 306 g/mol. The van der Waals surface area contributed by atoms with Gasteiger partial charge in [-0.05, 0) is 37.0 Å². The van der Waals surface area contributed by atoms with Gasteiger partial charge in [0.1, 0.15) is 11.2 Å². The highest BCUT2D eigenvalue weighted by atomic mass is 16.1. The zero-order valence-electron chi connectivity index (χ0n) is 13.3. The van der Waals surface area contributed by atoms with Gasteiger partial charge in [-0.3, -0.25) is 14.0 Å². The van der Waals surface area contributed by atoms with Gasteiger partial charge in [0.15, 0.2) is 5.65 Å². The van der Waals surface area contributed by atoms with E-state index in [9.17, 15) is 4.79 Å². The van der Waals surface area contributed by atoms with E-state index in [0.29, 0.717) is 11.0 Å². The third-order valence-corrected chi connectivity index (χ3v) is 4.35. The van der Waals surface area contributed by atoms with Crippen LogP contribution in [0.4, 0.5) is 0 Å². The summed E-state index contributed by atoms with van der Waals surface area (Å²) in [6.07, 6.45) is 5.64. The molecule has 3 aromatic rings. The maximum Gasteiger partial charge on any atom is 0.264 e. The summed E-state index contributed by atoms with van der Waals surface area (Å²) in [4.78, 5) is 17.4. The van der Waals surface area contributed by atoms with Crippen LogP contribution in [0.15, 0.2) is 35.3 Å². The molecule has 0 unspecified atom stereocenters. The third kappa shape index (κ3) is 2.29. The first-order valence-electron chi connectivity index (χ1n) is 7.83. The highest BCUT2D eigenvalue weighted by Gasteiger charge is 2.20. The van der Waals surface area contributed by atoms with Crippen molar-refractivity contribution in [2.45, 2.75) is 26.3 Å². The molecule has 0 atom stereocenters. The van der Waals surface area contributed by atoms with Gasteiger partial charge >= 0.3 is 0 Å². The Kier molecular flexibility index (Phi) is 3.15. The van der Waals surface area contributed by atoms with Crippen molar-refractivity contribution in [1.29, 1.82) is 0 Å². The SMILES string of the molecule is Cc1cccc(/C=C2\CCCn3c2nc2c(cnn2C)c3=O)c1. The Morgan fingerprint density at radius 2 is 2.17 bits per heavy atom. The molecular weight excluding hydrogens is 288 g/mol. The maximum atomic E-state index is 12.7. The summed E-state index contributed by atoms with van der Waals surface area (Å²) in [6.45, 7) is 2.80. The number of nitrogens with zero attached hydrogens (tertiary/aromatic N) is 4. The van der Waals surface area contributed by atoms with Crippen molar-refractivity contribution in [2.24, 2.45) is 7.05 Å². The standard InChI is InChI=1S/C18H18N4O/c1-12-5-3-6-13(9-12)10-14-7-4-8-22-16(14)20-17-15(18(22)23)11-19-21(17)2/h3,5-6,9-11H,4,7-8H2,1-2H3/b14-10+. The summed E-state index contributed by atoms with van der Waals surface area (Å²) in [7, 11) is 1.82. The fourth-order valence-electron chi connectivity index (χ4n) is 3.21. The van der Waals surface area contributed by atoms with E-state index >= 15 is 0 Å². The van der Waals surface area contributed by atoms with Crippen LogP contribution in [0.5, 0.6) is 0 Å². The second-order valence-electron chi connectivity index (χ2n) is 6.08. The normalized spacial score (nSPS) is 16.0. The lowest BCUT2D eigenvalue weighted by atomic mass is 10.0.